The molecule has 6 nitrogen and oxygen atoms in total. The third-order valence-electron chi connectivity index (χ3n) is 3.98. The van der Waals surface area contributed by atoms with Crippen molar-refractivity contribution in [2.24, 2.45) is 0 Å². The summed E-state index contributed by atoms with van der Waals surface area (Å²) in [6, 6.07) is 8.82. The molecule has 2 amide bonds. The molecule has 0 spiro atoms. The summed E-state index contributed by atoms with van der Waals surface area (Å²) in [4.78, 5) is 26.3. The summed E-state index contributed by atoms with van der Waals surface area (Å²) in [5.41, 5.74) is 0.607. The number of morpholine rings is 1. The lowest BCUT2D eigenvalue weighted by atomic mass is 10.1. The number of benzene rings is 1. The van der Waals surface area contributed by atoms with Crippen LogP contribution in [0.15, 0.2) is 30.3 Å². The van der Waals surface area contributed by atoms with Crippen LogP contribution < -0.4 is 10.6 Å². The third-order valence-corrected chi connectivity index (χ3v) is 3.98. The van der Waals surface area contributed by atoms with Crippen LogP contribution in [0.3, 0.4) is 0 Å². The molecule has 132 valence electrons. The van der Waals surface area contributed by atoms with Crippen molar-refractivity contribution in [2.75, 3.05) is 39.4 Å². The van der Waals surface area contributed by atoms with Gasteiger partial charge >= 0.3 is 0 Å². The Morgan fingerprint density at radius 1 is 1.21 bits per heavy atom. The molecule has 1 saturated heterocycles. The standard InChI is InChI=1S/C18H27N3O3/c1-15(20-18(23)16-6-3-2-4-7-16)14-17(22)19-8-5-9-21-10-12-24-13-11-21/h2-4,6-7,15H,5,8-14H2,1H3,(H,19,22)(H,20,23). The zero-order valence-electron chi connectivity index (χ0n) is 14.3. The lowest BCUT2D eigenvalue weighted by Crippen LogP contribution is -2.39. The fraction of sp³-hybridized carbons (Fsp3) is 0.556. The molecule has 1 atom stereocenters. The monoisotopic (exact) mass is 333 g/mol. The second-order valence-corrected chi connectivity index (χ2v) is 6.10. The minimum absolute atomic E-state index is 0.0298. The maximum absolute atomic E-state index is 12.0. The number of hydrogen-bond acceptors (Lipinski definition) is 4. The van der Waals surface area contributed by atoms with Gasteiger partial charge in [0.2, 0.25) is 5.91 Å². The Balaban J connectivity index is 1.58. The van der Waals surface area contributed by atoms with Gasteiger partial charge in [0, 0.05) is 37.7 Å². The van der Waals surface area contributed by atoms with Gasteiger partial charge in [-0.1, -0.05) is 18.2 Å². The lowest BCUT2D eigenvalue weighted by molar-refractivity contribution is -0.121. The summed E-state index contributed by atoms with van der Waals surface area (Å²) in [6.45, 7) is 7.01. The van der Waals surface area contributed by atoms with E-state index in [1.165, 1.54) is 0 Å². The first-order valence-corrected chi connectivity index (χ1v) is 8.58. The number of amides is 2. The fourth-order valence-electron chi connectivity index (χ4n) is 2.65. The number of carbonyl (C=O) groups excluding carboxylic acids is 2. The van der Waals surface area contributed by atoms with Crippen molar-refractivity contribution in [3.8, 4) is 0 Å². The molecule has 2 N–H and O–H groups in total. The van der Waals surface area contributed by atoms with Crippen molar-refractivity contribution >= 4 is 11.8 Å². The Bertz CT molecular complexity index is 516. The van der Waals surface area contributed by atoms with Crippen molar-refractivity contribution in [2.45, 2.75) is 25.8 Å². The van der Waals surface area contributed by atoms with E-state index in [-0.39, 0.29) is 24.3 Å². The van der Waals surface area contributed by atoms with E-state index >= 15 is 0 Å². The van der Waals surface area contributed by atoms with Gasteiger partial charge in [-0.05, 0) is 32.0 Å². The van der Waals surface area contributed by atoms with Gasteiger partial charge in [-0.25, -0.2) is 0 Å². The van der Waals surface area contributed by atoms with Gasteiger partial charge in [0.05, 0.1) is 13.2 Å². The Kier molecular flexibility index (Phi) is 7.71. The zero-order valence-corrected chi connectivity index (χ0v) is 14.3. The second-order valence-electron chi connectivity index (χ2n) is 6.10. The van der Waals surface area contributed by atoms with E-state index in [1.54, 1.807) is 12.1 Å². The molecule has 0 aromatic heterocycles. The van der Waals surface area contributed by atoms with Crippen LogP contribution in [-0.2, 0) is 9.53 Å². The van der Waals surface area contributed by atoms with Crippen molar-refractivity contribution in [3.63, 3.8) is 0 Å². The maximum Gasteiger partial charge on any atom is 0.251 e. The van der Waals surface area contributed by atoms with Crippen LogP contribution in [-0.4, -0.2) is 62.1 Å². The molecule has 1 aromatic carbocycles. The lowest BCUT2D eigenvalue weighted by Gasteiger charge is -2.26. The van der Waals surface area contributed by atoms with Gasteiger partial charge in [0.25, 0.3) is 5.91 Å². The first kappa shape index (κ1) is 18.4. The fourth-order valence-corrected chi connectivity index (χ4v) is 2.65. The highest BCUT2D eigenvalue weighted by molar-refractivity contribution is 5.94. The Morgan fingerprint density at radius 3 is 2.62 bits per heavy atom. The molecule has 1 aromatic rings. The molecular weight excluding hydrogens is 306 g/mol. The van der Waals surface area contributed by atoms with Crippen molar-refractivity contribution < 1.29 is 14.3 Å². The third kappa shape index (κ3) is 6.68. The Hall–Kier alpha value is -1.92. The average Bonchev–Trinajstić information content (AvgIpc) is 2.60. The molecule has 24 heavy (non-hydrogen) atoms. The quantitative estimate of drug-likeness (QED) is 0.697. The number of rotatable bonds is 8. The van der Waals surface area contributed by atoms with Crippen molar-refractivity contribution in [1.82, 2.24) is 15.5 Å². The van der Waals surface area contributed by atoms with Gasteiger partial charge in [0.1, 0.15) is 0 Å². The number of carbonyl (C=O) groups is 2. The minimum atomic E-state index is -0.197. The minimum Gasteiger partial charge on any atom is -0.379 e. The zero-order chi connectivity index (χ0) is 17.2. The van der Waals surface area contributed by atoms with Gasteiger partial charge in [0.15, 0.2) is 0 Å². The molecule has 0 aliphatic carbocycles. The number of ether oxygens (including phenoxy) is 1. The van der Waals surface area contributed by atoms with Gasteiger partial charge in [-0.2, -0.15) is 0 Å². The molecule has 0 bridgehead atoms. The average molecular weight is 333 g/mol. The summed E-state index contributed by atoms with van der Waals surface area (Å²) >= 11 is 0. The largest absolute Gasteiger partial charge is 0.379 e. The number of nitrogens with zero attached hydrogens (tertiary/aromatic N) is 1. The summed E-state index contributed by atoms with van der Waals surface area (Å²) in [5.74, 6) is -0.180. The number of hydrogen-bond donors (Lipinski definition) is 2. The van der Waals surface area contributed by atoms with Gasteiger partial charge in [-0.15, -0.1) is 0 Å². The SMILES string of the molecule is CC(CC(=O)NCCCN1CCOCC1)NC(=O)c1ccccc1. The maximum atomic E-state index is 12.0. The van der Waals surface area contributed by atoms with Crippen molar-refractivity contribution in [1.29, 1.82) is 0 Å². The van der Waals surface area contributed by atoms with Crippen molar-refractivity contribution in [3.05, 3.63) is 35.9 Å². The van der Waals surface area contributed by atoms with E-state index in [1.807, 2.05) is 25.1 Å². The molecule has 1 aliphatic rings. The van der Waals surface area contributed by atoms with Gasteiger partial charge in [-0.3, -0.25) is 14.5 Å². The normalized spacial score (nSPS) is 16.4. The van der Waals surface area contributed by atoms with Crippen LogP contribution >= 0.6 is 0 Å². The summed E-state index contributed by atoms with van der Waals surface area (Å²) in [6.07, 6.45) is 1.21. The predicted octanol–water partition coefficient (Wildman–Crippen LogP) is 1.03. The van der Waals surface area contributed by atoms with E-state index < -0.39 is 0 Å². The smallest absolute Gasteiger partial charge is 0.251 e. The Labute approximate surface area is 143 Å². The number of nitrogens with one attached hydrogen (secondary N) is 2. The van der Waals surface area contributed by atoms with Crippen LogP contribution in [0.4, 0.5) is 0 Å². The van der Waals surface area contributed by atoms with Gasteiger partial charge < -0.3 is 15.4 Å². The van der Waals surface area contributed by atoms with Crippen LogP contribution in [0, 0.1) is 0 Å². The highest BCUT2D eigenvalue weighted by Gasteiger charge is 2.13. The molecule has 2 rings (SSSR count). The molecule has 6 heteroatoms. The van der Waals surface area contributed by atoms with Crippen LogP contribution in [0.2, 0.25) is 0 Å². The molecule has 0 saturated carbocycles. The molecule has 1 aliphatic heterocycles. The van der Waals surface area contributed by atoms with Crippen LogP contribution in [0.25, 0.3) is 0 Å². The van der Waals surface area contributed by atoms with E-state index in [4.69, 9.17) is 4.74 Å². The highest BCUT2D eigenvalue weighted by Crippen LogP contribution is 2.01. The van der Waals surface area contributed by atoms with E-state index in [2.05, 4.69) is 15.5 Å². The first-order chi connectivity index (χ1) is 11.6. The summed E-state index contributed by atoms with van der Waals surface area (Å²) in [7, 11) is 0. The topological polar surface area (TPSA) is 70.7 Å². The first-order valence-electron chi connectivity index (χ1n) is 8.58. The van der Waals surface area contributed by atoms with E-state index in [0.717, 1.165) is 39.3 Å². The molecule has 1 unspecified atom stereocenters. The second kappa shape index (κ2) is 10.1. The molecule has 1 fully saturated rings. The molecule has 0 radical (unpaired) electrons. The van der Waals surface area contributed by atoms with Crippen LogP contribution in [0.1, 0.15) is 30.1 Å². The van der Waals surface area contributed by atoms with Crippen LogP contribution in [0.5, 0.6) is 0 Å². The predicted molar refractivity (Wildman–Crippen MR) is 92.9 cm³/mol. The highest BCUT2D eigenvalue weighted by atomic mass is 16.5. The summed E-state index contributed by atoms with van der Waals surface area (Å²) in [5, 5.41) is 5.77. The summed E-state index contributed by atoms with van der Waals surface area (Å²) < 4.78 is 5.31. The Morgan fingerprint density at radius 2 is 1.92 bits per heavy atom. The molecule has 1 heterocycles. The molecular formula is C18H27N3O3. The van der Waals surface area contributed by atoms with E-state index in [0.29, 0.717) is 12.1 Å². The van der Waals surface area contributed by atoms with E-state index in [9.17, 15) is 9.59 Å².